The van der Waals surface area contributed by atoms with E-state index in [0.29, 0.717) is 35.7 Å². The molecular weight excluding hydrogens is 535 g/mol. The summed E-state index contributed by atoms with van der Waals surface area (Å²) in [5.41, 5.74) is 7.18. The van der Waals surface area contributed by atoms with Gasteiger partial charge in [0.05, 0.1) is 11.3 Å². The third-order valence-electron chi connectivity index (χ3n) is 7.65. The number of benzene rings is 1. The van der Waals surface area contributed by atoms with Gasteiger partial charge >= 0.3 is 6.18 Å². The lowest BCUT2D eigenvalue weighted by Gasteiger charge is -2.35. The Kier molecular flexibility index (Phi) is 7.41. The molecule has 0 spiro atoms. The maximum atomic E-state index is 13.0. The van der Waals surface area contributed by atoms with Gasteiger partial charge in [-0.25, -0.2) is 9.97 Å². The number of piperidine rings is 1. The van der Waals surface area contributed by atoms with Crippen LogP contribution in [-0.4, -0.2) is 45.5 Å². The van der Waals surface area contributed by atoms with Crippen LogP contribution in [0.2, 0.25) is 0 Å². The summed E-state index contributed by atoms with van der Waals surface area (Å²) in [5, 5.41) is 14.6. The smallest absolute Gasteiger partial charge is 0.382 e. The number of aromatic nitrogens is 2. The molecule has 1 saturated carbocycles. The van der Waals surface area contributed by atoms with E-state index in [1.807, 2.05) is 11.8 Å². The summed E-state index contributed by atoms with van der Waals surface area (Å²) in [6.45, 7) is 3.18. The maximum Gasteiger partial charge on any atom is 0.416 e. The van der Waals surface area contributed by atoms with Gasteiger partial charge in [0.1, 0.15) is 11.6 Å². The zero-order valence-corrected chi connectivity index (χ0v) is 22.4. The van der Waals surface area contributed by atoms with Crippen LogP contribution in [0.5, 0.6) is 0 Å². The largest absolute Gasteiger partial charge is 0.416 e. The number of rotatable bonds is 7. The number of anilines is 4. The van der Waals surface area contributed by atoms with Crippen molar-refractivity contribution < 1.29 is 22.8 Å². The average Bonchev–Trinajstić information content (AvgIpc) is 3.71. The first-order chi connectivity index (χ1) is 19.4. The van der Waals surface area contributed by atoms with Crippen LogP contribution in [0.15, 0.2) is 54.9 Å². The number of halogens is 3. The molecule has 9 nitrogen and oxygen atoms in total. The molecule has 2 aromatic heterocycles. The molecule has 1 aromatic carbocycles. The minimum absolute atomic E-state index is 0.145. The van der Waals surface area contributed by atoms with Crippen LogP contribution in [-0.2, 0) is 11.0 Å². The Morgan fingerprint density at radius 2 is 1.80 bits per heavy atom. The fourth-order valence-electron chi connectivity index (χ4n) is 4.95. The van der Waals surface area contributed by atoms with Gasteiger partial charge in [-0.15, -0.1) is 0 Å². The summed E-state index contributed by atoms with van der Waals surface area (Å²) in [5.74, 6) is -0.627. The van der Waals surface area contributed by atoms with Gasteiger partial charge in [-0.3, -0.25) is 9.59 Å². The molecule has 5 N–H and O–H groups in total. The van der Waals surface area contributed by atoms with Crippen LogP contribution in [0.3, 0.4) is 0 Å². The van der Waals surface area contributed by atoms with Crippen LogP contribution in [0, 0.1) is 16.7 Å². The Morgan fingerprint density at radius 1 is 1.10 bits per heavy atom. The number of nitrogens with zero attached hydrogens (tertiary/aromatic N) is 3. The van der Waals surface area contributed by atoms with E-state index < -0.39 is 17.6 Å². The van der Waals surface area contributed by atoms with Crippen LogP contribution in [0.1, 0.15) is 54.1 Å². The van der Waals surface area contributed by atoms with Crippen molar-refractivity contribution in [3.8, 4) is 0 Å². The monoisotopic (exact) mass is 565 g/mol. The van der Waals surface area contributed by atoms with Crippen LogP contribution in [0.25, 0.3) is 0 Å². The molecule has 2 aliphatic rings. The number of pyridine rings is 2. The molecule has 5 rings (SSSR count). The highest BCUT2D eigenvalue weighted by molar-refractivity contribution is 6.07. The number of hydrogen-bond acceptors (Lipinski definition) is 7. The number of nitrogens with one attached hydrogen (secondary N) is 3. The molecular formula is C29H30F3N7O2. The number of nitrogen functional groups attached to an aromatic ring is 1. The molecule has 0 unspecified atom stereocenters. The standard InChI is InChI=1S/C29H30F3N7O2/c1-28(10-11-28)27(41)39-14-2-3-18(16-39)23(33)21-9-13-36-25(34)24(21)37-20-6-4-17(5-7-20)26(40)38-22-15-19(8-12-35-22)29(30,31)32/h4-9,12-13,15,18,33,37H,2-3,10-11,14,16H2,1H3,(H2,34,36)(H,35,38,40)/t18-/m1/s1. The van der Waals surface area contributed by atoms with Crippen LogP contribution in [0.4, 0.5) is 36.2 Å². The molecule has 1 saturated heterocycles. The van der Waals surface area contributed by atoms with E-state index in [2.05, 4.69) is 20.6 Å². The van der Waals surface area contributed by atoms with Crippen molar-refractivity contribution in [2.24, 2.45) is 11.3 Å². The third-order valence-corrected chi connectivity index (χ3v) is 7.65. The number of nitrogens with two attached hydrogens (primary N) is 1. The van der Waals surface area contributed by atoms with Crippen molar-refractivity contribution in [1.82, 2.24) is 14.9 Å². The van der Waals surface area contributed by atoms with Crippen molar-refractivity contribution in [3.63, 3.8) is 0 Å². The van der Waals surface area contributed by atoms with Crippen LogP contribution >= 0.6 is 0 Å². The number of carbonyl (C=O) groups is 2. The predicted molar refractivity (Wildman–Crippen MR) is 149 cm³/mol. The highest BCUT2D eigenvalue weighted by Gasteiger charge is 2.48. The molecule has 3 aromatic rings. The molecule has 2 amide bonds. The number of likely N-dealkylation sites (tertiary alicyclic amines) is 1. The second kappa shape index (κ2) is 10.8. The molecule has 1 atom stereocenters. The second-order valence-corrected chi connectivity index (χ2v) is 10.8. The third kappa shape index (κ3) is 6.16. The Morgan fingerprint density at radius 3 is 2.49 bits per heavy atom. The van der Waals surface area contributed by atoms with Crippen molar-refractivity contribution >= 4 is 40.5 Å². The molecule has 1 aliphatic carbocycles. The fourth-order valence-corrected chi connectivity index (χ4v) is 4.95. The zero-order valence-electron chi connectivity index (χ0n) is 22.4. The molecule has 12 heteroatoms. The molecule has 1 aliphatic heterocycles. The fraction of sp³-hybridized carbons (Fsp3) is 0.345. The second-order valence-electron chi connectivity index (χ2n) is 10.8. The number of amides is 2. The normalized spacial score (nSPS) is 18.0. The lowest BCUT2D eigenvalue weighted by atomic mass is 9.88. The van der Waals surface area contributed by atoms with E-state index in [-0.39, 0.29) is 34.4 Å². The van der Waals surface area contributed by atoms with Gasteiger partial charge in [0.2, 0.25) is 5.91 Å². The average molecular weight is 566 g/mol. The van der Waals surface area contributed by atoms with E-state index in [1.165, 1.54) is 18.3 Å². The maximum absolute atomic E-state index is 13.0. The molecule has 41 heavy (non-hydrogen) atoms. The van der Waals surface area contributed by atoms with Gasteiger partial charge in [0.15, 0.2) is 0 Å². The van der Waals surface area contributed by atoms with Gasteiger partial charge in [-0.05, 0) is 68.1 Å². The van der Waals surface area contributed by atoms with Gasteiger partial charge in [-0.2, -0.15) is 13.2 Å². The lowest BCUT2D eigenvalue weighted by molar-refractivity contribution is -0.138. The van der Waals surface area contributed by atoms with Gasteiger partial charge < -0.3 is 26.7 Å². The van der Waals surface area contributed by atoms with Crippen molar-refractivity contribution in [2.75, 3.05) is 29.5 Å². The summed E-state index contributed by atoms with van der Waals surface area (Å²) in [7, 11) is 0. The Balaban J connectivity index is 1.28. The molecule has 3 heterocycles. The SMILES string of the molecule is CC1(C(=O)N2CCC[C@@H](C(=N)c3ccnc(N)c3Nc3ccc(C(=O)Nc4cc(C(F)(F)F)ccn4)cc3)C2)CC1. The first-order valence-corrected chi connectivity index (χ1v) is 13.3. The number of hydrogen-bond donors (Lipinski definition) is 4. The van der Waals surface area contributed by atoms with Crippen molar-refractivity contribution in [1.29, 1.82) is 5.41 Å². The minimum atomic E-state index is -4.55. The molecule has 0 bridgehead atoms. The van der Waals surface area contributed by atoms with E-state index in [1.54, 1.807) is 18.2 Å². The molecule has 214 valence electrons. The summed E-state index contributed by atoms with van der Waals surface area (Å²) >= 11 is 0. The Bertz CT molecular complexity index is 1490. The highest BCUT2D eigenvalue weighted by atomic mass is 19.4. The molecule has 2 fully saturated rings. The van der Waals surface area contributed by atoms with Crippen LogP contribution < -0.4 is 16.4 Å². The first-order valence-electron chi connectivity index (χ1n) is 13.3. The van der Waals surface area contributed by atoms with E-state index >= 15 is 0 Å². The van der Waals surface area contributed by atoms with E-state index in [9.17, 15) is 22.8 Å². The highest BCUT2D eigenvalue weighted by Crippen LogP contribution is 2.47. The summed E-state index contributed by atoms with van der Waals surface area (Å²) in [6.07, 6.45) is 1.38. The Labute approximate surface area is 234 Å². The van der Waals surface area contributed by atoms with Gasteiger partial charge in [-0.1, -0.05) is 6.92 Å². The van der Waals surface area contributed by atoms with Crippen molar-refractivity contribution in [2.45, 2.75) is 38.8 Å². The number of carbonyl (C=O) groups excluding carboxylic acids is 2. The Hall–Kier alpha value is -4.48. The topological polar surface area (TPSA) is 137 Å². The summed E-state index contributed by atoms with van der Waals surface area (Å²) in [4.78, 5) is 35.4. The summed E-state index contributed by atoms with van der Waals surface area (Å²) < 4.78 is 38.9. The van der Waals surface area contributed by atoms with Gasteiger partial charge in [0.25, 0.3) is 5.91 Å². The lowest BCUT2D eigenvalue weighted by Crippen LogP contribution is -2.45. The first kappa shape index (κ1) is 28.1. The molecule has 0 radical (unpaired) electrons. The minimum Gasteiger partial charge on any atom is -0.382 e. The van der Waals surface area contributed by atoms with Crippen molar-refractivity contribution in [3.05, 3.63) is 71.5 Å². The summed E-state index contributed by atoms with van der Waals surface area (Å²) in [6, 6.07) is 9.55. The zero-order chi connectivity index (χ0) is 29.4. The quantitative estimate of drug-likeness (QED) is 0.280. The van der Waals surface area contributed by atoms with E-state index in [0.717, 1.165) is 44.0 Å². The van der Waals surface area contributed by atoms with E-state index in [4.69, 9.17) is 11.1 Å². The predicted octanol–water partition coefficient (Wildman–Crippen LogP) is 5.48. The number of alkyl halides is 3. The van der Waals surface area contributed by atoms with Gasteiger partial charge in [0, 0.05) is 59.3 Å².